The molecule has 0 aromatic carbocycles. The van der Waals surface area contributed by atoms with Crippen molar-refractivity contribution in [2.75, 3.05) is 0 Å². The van der Waals surface area contributed by atoms with Crippen LogP contribution in [0.1, 0.15) is 31.4 Å². The number of hydrogen-bond acceptors (Lipinski definition) is 3. The number of carboxylic acids is 1. The van der Waals surface area contributed by atoms with Gasteiger partial charge in [-0.2, -0.15) is 5.10 Å². The van der Waals surface area contributed by atoms with Gasteiger partial charge in [0.1, 0.15) is 5.41 Å². The van der Waals surface area contributed by atoms with E-state index in [0.717, 1.165) is 12.8 Å². The van der Waals surface area contributed by atoms with Gasteiger partial charge < -0.3 is 10.8 Å². The second-order valence-corrected chi connectivity index (χ2v) is 4.60. The first kappa shape index (κ1) is 11.1. The molecule has 1 heterocycles. The molecule has 3 N–H and O–H groups in total. The van der Waals surface area contributed by atoms with Gasteiger partial charge in [0.25, 0.3) is 0 Å². The molecule has 2 rings (SSSR count). The van der Waals surface area contributed by atoms with Gasteiger partial charge >= 0.3 is 5.97 Å². The van der Waals surface area contributed by atoms with Gasteiger partial charge in [0.2, 0.25) is 0 Å². The number of aromatic nitrogens is 2. The third kappa shape index (κ3) is 1.71. The number of hydrogen-bond donors (Lipinski definition) is 2. The predicted octanol–water partition coefficient (Wildman–Crippen LogP) is 0.644. The van der Waals surface area contributed by atoms with E-state index in [1.165, 1.54) is 0 Å². The Labute approximate surface area is 94.2 Å². The summed E-state index contributed by atoms with van der Waals surface area (Å²) in [5, 5.41) is 13.7. The number of rotatable bonds is 2. The maximum absolute atomic E-state index is 11.5. The molecule has 5 heteroatoms. The lowest BCUT2D eigenvalue weighted by molar-refractivity contribution is -0.145. The zero-order valence-corrected chi connectivity index (χ0v) is 9.39. The van der Waals surface area contributed by atoms with Crippen molar-refractivity contribution in [1.82, 2.24) is 9.78 Å². The summed E-state index contributed by atoms with van der Waals surface area (Å²) in [4.78, 5) is 11.5. The predicted molar refractivity (Wildman–Crippen MR) is 59.0 cm³/mol. The number of carboxylic acid groups (broad SMARTS) is 1. The van der Waals surface area contributed by atoms with Crippen LogP contribution in [0.2, 0.25) is 0 Å². The van der Waals surface area contributed by atoms with E-state index in [0.29, 0.717) is 18.5 Å². The van der Waals surface area contributed by atoms with Crippen LogP contribution in [0.4, 0.5) is 0 Å². The highest BCUT2D eigenvalue weighted by molar-refractivity contribution is 5.80. The van der Waals surface area contributed by atoms with E-state index >= 15 is 0 Å². The Morgan fingerprint density at radius 2 is 2.25 bits per heavy atom. The van der Waals surface area contributed by atoms with Crippen molar-refractivity contribution in [2.24, 2.45) is 12.8 Å². The maximum atomic E-state index is 11.5. The number of nitrogens with zero attached hydrogens (tertiary/aromatic N) is 2. The summed E-state index contributed by atoms with van der Waals surface area (Å²) >= 11 is 0. The van der Waals surface area contributed by atoms with Crippen molar-refractivity contribution in [3.8, 4) is 0 Å². The van der Waals surface area contributed by atoms with Gasteiger partial charge in [-0.25, -0.2) is 0 Å². The standard InChI is InChI=1S/C11H17N3O2/c1-14-7-4-9(13-14)11(10(15)16)5-2-8(12)3-6-11/h4,7-8H,2-3,5-6,12H2,1H3,(H,15,16). The second-order valence-electron chi connectivity index (χ2n) is 4.60. The molecule has 1 aromatic heterocycles. The molecule has 0 atom stereocenters. The molecular weight excluding hydrogens is 206 g/mol. The Hall–Kier alpha value is -1.36. The van der Waals surface area contributed by atoms with Gasteiger partial charge in [0.15, 0.2) is 0 Å². The van der Waals surface area contributed by atoms with Crippen molar-refractivity contribution in [3.05, 3.63) is 18.0 Å². The maximum Gasteiger partial charge on any atom is 0.315 e. The minimum Gasteiger partial charge on any atom is -0.481 e. The summed E-state index contributed by atoms with van der Waals surface area (Å²) in [6.07, 6.45) is 4.46. The average Bonchev–Trinajstić information content (AvgIpc) is 2.66. The zero-order chi connectivity index (χ0) is 11.8. The quantitative estimate of drug-likeness (QED) is 0.771. The highest BCUT2D eigenvalue weighted by Gasteiger charge is 2.44. The molecular formula is C11H17N3O2. The lowest BCUT2D eigenvalue weighted by Gasteiger charge is -2.34. The van der Waals surface area contributed by atoms with Gasteiger partial charge in [-0.15, -0.1) is 0 Å². The van der Waals surface area contributed by atoms with Crippen molar-refractivity contribution in [2.45, 2.75) is 37.1 Å². The summed E-state index contributed by atoms with van der Waals surface area (Å²) in [5.41, 5.74) is 5.66. The van der Waals surface area contributed by atoms with Crippen LogP contribution in [0, 0.1) is 0 Å². The molecule has 1 aromatic rings. The Morgan fingerprint density at radius 3 is 2.69 bits per heavy atom. The highest BCUT2D eigenvalue weighted by atomic mass is 16.4. The van der Waals surface area contributed by atoms with Crippen LogP contribution in [0.25, 0.3) is 0 Å². The topological polar surface area (TPSA) is 81.1 Å². The van der Waals surface area contributed by atoms with Crippen LogP contribution in [0.15, 0.2) is 12.3 Å². The van der Waals surface area contributed by atoms with Gasteiger partial charge in [0.05, 0.1) is 5.69 Å². The van der Waals surface area contributed by atoms with E-state index in [1.807, 2.05) is 0 Å². The third-order valence-electron chi connectivity index (χ3n) is 3.50. The Kier molecular flexibility index (Phi) is 2.71. The molecule has 5 nitrogen and oxygen atoms in total. The summed E-state index contributed by atoms with van der Waals surface area (Å²) in [5.74, 6) is -0.780. The summed E-state index contributed by atoms with van der Waals surface area (Å²) in [6.45, 7) is 0. The highest BCUT2D eigenvalue weighted by Crippen LogP contribution is 2.38. The molecule has 0 spiro atoms. The number of aryl methyl sites for hydroxylation is 1. The van der Waals surface area contributed by atoms with E-state index in [-0.39, 0.29) is 6.04 Å². The van der Waals surface area contributed by atoms with Crippen LogP contribution in [-0.4, -0.2) is 26.9 Å². The largest absolute Gasteiger partial charge is 0.481 e. The fraction of sp³-hybridized carbons (Fsp3) is 0.636. The van der Waals surface area contributed by atoms with E-state index in [9.17, 15) is 9.90 Å². The Bertz CT molecular complexity index is 392. The van der Waals surface area contributed by atoms with E-state index in [2.05, 4.69) is 5.10 Å². The molecule has 0 amide bonds. The fourth-order valence-corrected chi connectivity index (χ4v) is 2.38. The molecule has 1 aliphatic rings. The smallest absolute Gasteiger partial charge is 0.315 e. The third-order valence-corrected chi connectivity index (χ3v) is 3.50. The number of carbonyl (C=O) groups is 1. The fourth-order valence-electron chi connectivity index (χ4n) is 2.38. The van der Waals surface area contributed by atoms with Gasteiger partial charge in [0, 0.05) is 19.3 Å². The van der Waals surface area contributed by atoms with Crippen molar-refractivity contribution >= 4 is 5.97 Å². The first-order chi connectivity index (χ1) is 7.54. The van der Waals surface area contributed by atoms with Crippen LogP contribution < -0.4 is 5.73 Å². The van der Waals surface area contributed by atoms with Crippen LogP contribution in [0.3, 0.4) is 0 Å². The summed E-state index contributed by atoms with van der Waals surface area (Å²) in [7, 11) is 1.80. The van der Waals surface area contributed by atoms with Crippen LogP contribution >= 0.6 is 0 Å². The van der Waals surface area contributed by atoms with Crippen LogP contribution in [0.5, 0.6) is 0 Å². The molecule has 1 fully saturated rings. The zero-order valence-electron chi connectivity index (χ0n) is 9.39. The van der Waals surface area contributed by atoms with Crippen LogP contribution in [-0.2, 0) is 17.3 Å². The van der Waals surface area contributed by atoms with Gasteiger partial charge in [-0.05, 0) is 31.7 Å². The average molecular weight is 223 g/mol. The van der Waals surface area contributed by atoms with E-state index < -0.39 is 11.4 Å². The number of nitrogens with two attached hydrogens (primary N) is 1. The molecule has 0 unspecified atom stereocenters. The van der Waals surface area contributed by atoms with Crippen molar-refractivity contribution in [1.29, 1.82) is 0 Å². The number of aliphatic carboxylic acids is 1. The Morgan fingerprint density at radius 1 is 1.62 bits per heavy atom. The van der Waals surface area contributed by atoms with E-state index in [4.69, 9.17) is 5.73 Å². The normalized spacial score (nSPS) is 30.2. The molecule has 0 saturated heterocycles. The second kappa shape index (κ2) is 3.90. The lowest BCUT2D eigenvalue weighted by atomic mass is 9.70. The monoisotopic (exact) mass is 223 g/mol. The first-order valence-corrected chi connectivity index (χ1v) is 5.54. The minimum atomic E-state index is -0.822. The Balaban J connectivity index is 2.33. The van der Waals surface area contributed by atoms with E-state index in [1.54, 1.807) is 24.0 Å². The molecule has 1 aliphatic carbocycles. The SMILES string of the molecule is Cn1ccc(C2(C(=O)O)CCC(N)CC2)n1. The molecule has 0 aliphatic heterocycles. The molecule has 0 bridgehead atoms. The molecule has 1 saturated carbocycles. The summed E-state index contributed by atoms with van der Waals surface area (Å²) < 4.78 is 1.65. The lowest BCUT2D eigenvalue weighted by Crippen LogP contribution is -2.43. The van der Waals surface area contributed by atoms with Crippen molar-refractivity contribution < 1.29 is 9.90 Å². The molecule has 88 valence electrons. The van der Waals surface area contributed by atoms with Gasteiger partial charge in [-0.3, -0.25) is 9.48 Å². The molecule has 16 heavy (non-hydrogen) atoms. The van der Waals surface area contributed by atoms with Crippen molar-refractivity contribution in [3.63, 3.8) is 0 Å². The minimum absolute atomic E-state index is 0.135. The first-order valence-electron chi connectivity index (χ1n) is 5.54. The van der Waals surface area contributed by atoms with Gasteiger partial charge in [-0.1, -0.05) is 0 Å². The molecule has 0 radical (unpaired) electrons. The summed E-state index contributed by atoms with van der Waals surface area (Å²) in [6, 6.07) is 1.93.